The molecule has 0 aromatic heterocycles. The van der Waals surface area contributed by atoms with E-state index in [-0.39, 0.29) is 23.8 Å². The lowest BCUT2D eigenvalue weighted by atomic mass is 9.79. The molecule has 2 fully saturated rings. The summed E-state index contributed by atoms with van der Waals surface area (Å²) in [7, 11) is 0. The SMILES string of the molecule is CC1CC(N)CC(C(=O)N2CCC(C)(C(N)=O)C2)C1. The van der Waals surface area contributed by atoms with Crippen LogP contribution in [0.15, 0.2) is 0 Å². The molecule has 0 aromatic carbocycles. The largest absolute Gasteiger partial charge is 0.369 e. The van der Waals surface area contributed by atoms with E-state index >= 15 is 0 Å². The van der Waals surface area contributed by atoms with Crippen LogP contribution < -0.4 is 11.5 Å². The van der Waals surface area contributed by atoms with Gasteiger partial charge in [-0.2, -0.15) is 0 Å². The Balaban J connectivity index is 1.99. The number of nitrogens with two attached hydrogens (primary N) is 2. The first-order chi connectivity index (χ1) is 8.82. The fourth-order valence-corrected chi connectivity index (χ4v) is 3.47. The molecule has 108 valence electrons. The standard InChI is InChI=1S/C14H25N3O2/c1-9-5-10(7-11(15)6-9)12(18)17-4-3-14(2,8-17)13(16)19/h9-11H,3-8,15H2,1-2H3,(H2,16,19). The van der Waals surface area contributed by atoms with Crippen molar-refractivity contribution < 1.29 is 9.59 Å². The molecule has 19 heavy (non-hydrogen) atoms. The maximum absolute atomic E-state index is 12.5. The molecule has 1 saturated carbocycles. The number of likely N-dealkylation sites (tertiary alicyclic amines) is 1. The van der Waals surface area contributed by atoms with Crippen LogP contribution in [0.5, 0.6) is 0 Å². The number of carbonyl (C=O) groups is 2. The molecule has 1 aliphatic heterocycles. The van der Waals surface area contributed by atoms with Crippen LogP contribution in [0.4, 0.5) is 0 Å². The molecule has 5 heteroatoms. The Morgan fingerprint density at radius 1 is 1.26 bits per heavy atom. The minimum atomic E-state index is -0.557. The highest BCUT2D eigenvalue weighted by Gasteiger charge is 2.42. The van der Waals surface area contributed by atoms with Gasteiger partial charge in [-0.25, -0.2) is 0 Å². The zero-order valence-electron chi connectivity index (χ0n) is 11.9. The van der Waals surface area contributed by atoms with E-state index in [9.17, 15) is 9.59 Å². The van der Waals surface area contributed by atoms with Gasteiger partial charge in [0.05, 0.1) is 5.41 Å². The Morgan fingerprint density at radius 3 is 2.47 bits per heavy atom. The van der Waals surface area contributed by atoms with Gasteiger partial charge in [-0.3, -0.25) is 9.59 Å². The van der Waals surface area contributed by atoms with Gasteiger partial charge in [0.25, 0.3) is 0 Å². The summed E-state index contributed by atoms with van der Waals surface area (Å²) in [5.41, 5.74) is 10.9. The van der Waals surface area contributed by atoms with Crippen molar-refractivity contribution in [1.82, 2.24) is 4.90 Å². The van der Waals surface area contributed by atoms with Gasteiger partial charge in [0.2, 0.25) is 11.8 Å². The van der Waals surface area contributed by atoms with Gasteiger partial charge < -0.3 is 16.4 Å². The van der Waals surface area contributed by atoms with Crippen LogP contribution in [0.2, 0.25) is 0 Å². The van der Waals surface area contributed by atoms with E-state index in [1.165, 1.54) is 0 Å². The normalized spacial score (nSPS) is 39.3. The Labute approximate surface area is 114 Å². The molecule has 4 N–H and O–H groups in total. The first-order valence-electron chi connectivity index (χ1n) is 7.16. The first-order valence-corrected chi connectivity index (χ1v) is 7.16. The molecule has 1 heterocycles. The van der Waals surface area contributed by atoms with Crippen LogP contribution in [-0.4, -0.2) is 35.8 Å². The summed E-state index contributed by atoms with van der Waals surface area (Å²) < 4.78 is 0. The van der Waals surface area contributed by atoms with Crippen LogP contribution in [0.1, 0.15) is 39.5 Å². The van der Waals surface area contributed by atoms with E-state index in [2.05, 4.69) is 6.92 Å². The summed E-state index contributed by atoms with van der Waals surface area (Å²) in [6.45, 7) is 5.09. The number of carbonyl (C=O) groups excluding carboxylic acids is 2. The molecule has 2 aliphatic rings. The number of primary amides is 1. The molecular weight excluding hydrogens is 242 g/mol. The molecule has 0 aromatic rings. The van der Waals surface area contributed by atoms with Crippen LogP contribution in [0, 0.1) is 17.3 Å². The van der Waals surface area contributed by atoms with Gasteiger partial charge in [0.15, 0.2) is 0 Å². The van der Waals surface area contributed by atoms with Crippen molar-refractivity contribution in [1.29, 1.82) is 0 Å². The fourth-order valence-electron chi connectivity index (χ4n) is 3.47. The Kier molecular flexibility index (Phi) is 3.85. The Hall–Kier alpha value is -1.10. The van der Waals surface area contributed by atoms with Crippen LogP contribution in [-0.2, 0) is 9.59 Å². The molecule has 4 unspecified atom stereocenters. The first kappa shape index (κ1) is 14.3. The van der Waals surface area contributed by atoms with E-state index in [4.69, 9.17) is 11.5 Å². The Bertz CT molecular complexity index is 375. The second-order valence-electron chi connectivity index (χ2n) is 6.70. The molecule has 4 atom stereocenters. The van der Waals surface area contributed by atoms with Gasteiger partial charge in [0.1, 0.15) is 0 Å². The van der Waals surface area contributed by atoms with Crippen molar-refractivity contribution in [2.45, 2.75) is 45.6 Å². The summed E-state index contributed by atoms with van der Waals surface area (Å²) in [4.78, 5) is 25.8. The second kappa shape index (κ2) is 5.12. The monoisotopic (exact) mass is 267 g/mol. The number of nitrogens with zero attached hydrogens (tertiary/aromatic N) is 1. The fraction of sp³-hybridized carbons (Fsp3) is 0.857. The average Bonchev–Trinajstić information content (AvgIpc) is 2.71. The Morgan fingerprint density at radius 2 is 1.95 bits per heavy atom. The zero-order valence-corrected chi connectivity index (χ0v) is 11.9. The van der Waals surface area contributed by atoms with Gasteiger partial charge in [-0.1, -0.05) is 6.92 Å². The van der Waals surface area contributed by atoms with Crippen LogP contribution in [0.25, 0.3) is 0 Å². The second-order valence-corrected chi connectivity index (χ2v) is 6.70. The predicted molar refractivity (Wildman–Crippen MR) is 73.0 cm³/mol. The highest BCUT2D eigenvalue weighted by atomic mass is 16.2. The maximum Gasteiger partial charge on any atom is 0.225 e. The van der Waals surface area contributed by atoms with Crippen molar-refractivity contribution in [3.8, 4) is 0 Å². The van der Waals surface area contributed by atoms with E-state index in [0.29, 0.717) is 25.4 Å². The van der Waals surface area contributed by atoms with Gasteiger partial charge in [-0.05, 0) is 38.5 Å². The van der Waals surface area contributed by atoms with Gasteiger partial charge in [-0.15, -0.1) is 0 Å². The van der Waals surface area contributed by atoms with Crippen molar-refractivity contribution in [3.63, 3.8) is 0 Å². The van der Waals surface area contributed by atoms with Crippen LogP contribution in [0.3, 0.4) is 0 Å². The molecule has 1 saturated heterocycles. The van der Waals surface area contributed by atoms with Crippen molar-refractivity contribution in [2.75, 3.05) is 13.1 Å². The van der Waals surface area contributed by atoms with Gasteiger partial charge >= 0.3 is 0 Å². The van der Waals surface area contributed by atoms with Gasteiger partial charge in [0, 0.05) is 25.0 Å². The number of rotatable bonds is 2. The molecule has 0 radical (unpaired) electrons. The zero-order chi connectivity index (χ0) is 14.2. The highest BCUT2D eigenvalue weighted by molar-refractivity contribution is 5.84. The number of hydrogen-bond acceptors (Lipinski definition) is 3. The summed E-state index contributed by atoms with van der Waals surface area (Å²) in [5, 5.41) is 0. The van der Waals surface area contributed by atoms with Crippen molar-refractivity contribution in [3.05, 3.63) is 0 Å². The third kappa shape index (κ3) is 2.91. The highest BCUT2D eigenvalue weighted by Crippen LogP contribution is 2.34. The minimum Gasteiger partial charge on any atom is -0.369 e. The van der Waals surface area contributed by atoms with E-state index in [0.717, 1.165) is 19.3 Å². The molecule has 0 bridgehead atoms. The quantitative estimate of drug-likeness (QED) is 0.762. The summed E-state index contributed by atoms with van der Waals surface area (Å²) in [6, 6.07) is 0.128. The molecule has 5 nitrogen and oxygen atoms in total. The maximum atomic E-state index is 12.5. The summed E-state index contributed by atoms with van der Waals surface area (Å²) >= 11 is 0. The van der Waals surface area contributed by atoms with E-state index in [1.54, 1.807) is 4.90 Å². The summed E-state index contributed by atoms with van der Waals surface area (Å²) in [5.74, 6) is 0.375. The number of amides is 2. The number of hydrogen-bond donors (Lipinski definition) is 2. The molecule has 1 aliphatic carbocycles. The third-order valence-electron chi connectivity index (χ3n) is 4.71. The molecule has 2 rings (SSSR count). The topological polar surface area (TPSA) is 89.4 Å². The lowest BCUT2D eigenvalue weighted by molar-refractivity contribution is -0.137. The minimum absolute atomic E-state index is 0.0222. The van der Waals surface area contributed by atoms with E-state index in [1.807, 2.05) is 6.92 Å². The van der Waals surface area contributed by atoms with Crippen molar-refractivity contribution >= 4 is 11.8 Å². The van der Waals surface area contributed by atoms with Crippen molar-refractivity contribution in [2.24, 2.45) is 28.7 Å². The van der Waals surface area contributed by atoms with E-state index < -0.39 is 5.41 Å². The molecule has 2 amide bonds. The summed E-state index contributed by atoms with van der Waals surface area (Å²) in [6.07, 6.45) is 3.36. The smallest absolute Gasteiger partial charge is 0.225 e. The lowest BCUT2D eigenvalue weighted by Gasteiger charge is -2.33. The molecular formula is C14H25N3O2. The third-order valence-corrected chi connectivity index (χ3v) is 4.71. The average molecular weight is 267 g/mol. The lowest BCUT2D eigenvalue weighted by Crippen LogP contribution is -2.43. The predicted octanol–water partition coefficient (Wildman–Crippen LogP) is 0.474. The van der Waals surface area contributed by atoms with Crippen LogP contribution >= 0.6 is 0 Å². The molecule has 0 spiro atoms.